The molecule has 0 spiro atoms. The van der Waals surface area contributed by atoms with Crippen LogP contribution in [0.1, 0.15) is 5.56 Å². The first-order chi connectivity index (χ1) is 17.2. The second-order valence-corrected chi connectivity index (χ2v) is 8.76. The third kappa shape index (κ3) is 6.00. The van der Waals surface area contributed by atoms with Gasteiger partial charge < -0.3 is 15.0 Å². The highest BCUT2D eigenvalue weighted by molar-refractivity contribution is 9.12. The molecule has 8 nitrogen and oxygen atoms in total. The first-order valence-corrected chi connectivity index (χ1v) is 12.1. The van der Waals surface area contributed by atoms with E-state index in [1.54, 1.807) is 6.21 Å². The Balaban J connectivity index is 1.40. The van der Waals surface area contributed by atoms with E-state index in [1.165, 1.54) is 0 Å². The van der Waals surface area contributed by atoms with Crippen molar-refractivity contribution in [2.45, 2.75) is 0 Å². The number of benzene rings is 3. The fourth-order valence-electron chi connectivity index (χ4n) is 3.73. The second-order valence-electron chi connectivity index (χ2n) is 7.84. The molecule has 0 saturated carbocycles. The number of nitrogens with one attached hydrogen (secondary N) is 2. The summed E-state index contributed by atoms with van der Waals surface area (Å²) in [5.41, 5.74) is 4.94. The molecule has 0 aliphatic carbocycles. The Labute approximate surface area is 211 Å². The maximum atomic E-state index is 5.49. The molecule has 9 heteroatoms. The lowest BCUT2D eigenvalue weighted by Crippen LogP contribution is -2.37. The van der Waals surface area contributed by atoms with Gasteiger partial charge in [-0.15, -0.1) is 0 Å². The summed E-state index contributed by atoms with van der Waals surface area (Å²) in [5, 5.41) is 9.90. The summed E-state index contributed by atoms with van der Waals surface area (Å²) in [6, 6.07) is 24.3. The zero-order valence-corrected chi connectivity index (χ0v) is 20.5. The molecule has 0 atom stereocenters. The minimum absolute atomic E-state index is 0.348. The van der Waals surface area contributed by atoms with Crippen LogP contribution in [0.25, 0.3) is 16.8 Å². The van der Waals surface area contributed by atoms with Crippen molar-refractivity contribution in [2.75, 3.05) is 41.9 Å². The lowest BCUT2D eigenvalue weighted by atomic mass is 10.1. The molecule has 2 N–H and O–H groups in total. The predicted octanol–water partition coefficient (Wildman–Crippen LogP) is 5.44. The number of morpholine rings is 1. The van der Waals surface area contributed by atoms with Gasteiger partial charge in [0.2, 0.25) is 17.8 Å². The van der Waals surface area contributed by atoms with Crippen LogP contribution in [0.15, 0.2) is 82.4 Å². The van der Waals surface area contributed by atoms with Crippen LogP contribution >= 0.6 is 15.9 Å². The van der Waals surface area contributed by atoms with Crippen LogP contribution in [0, 0.1) is 0 Å². The monoisotopic (exact) mass is 529 g/mol. The quantitative estimate of drug-likeness (QED) is 0.243. The fraction of sp³-hybridized carbons (Fsp3) is 0.154. The number of halogens is 1. The Morgan fingerprint density at radius 1 is 0.886 bits per heavy atom. The van der Waals surface area contributed by atoms with E-state index in [0.29, 0.717) is 44.1 Å². The molecule has 1 saturated heterocycles. The van der Waals surface area contributed by atoms with Crippen molar-refractivity contribution in [1.29, 1.82) is 0 Å². The molecular weight excluding hydrogens is 506 g/mol. The number of ether oxygens (including phenoxy) is 1. The average Bonchev–Trinajstić information content (AvgIpc) is 2.90. The largest absolute Gasteiger partial charge is 0.378 e. The SMILES string of the molecule is BrC(C=NNc1nc(Nc2cccc3ccccc23)nc(N2CCOCC2)n1)=Cc1ccccc1. The lowest BCUT2D eigenvalue weighted by Gasteiger charge is -2.27. The van der Waals surface area contributed by atoms with Crippen LogP contribution in [-0.4, -0.2) is 47.5 Å². The smallest absolute Gasteiger partial charge is 0.250 e. The lowest BCUT2D eigenvalue weighted by molar-refractivity contribution is 0.122. The van der Waals surface area contributed by atoms with Crippen molar-refractivity contribution in [1.82, 2.24) is 15.0 Å². The molecule has 1 fully saturated rings. The third-order valence-corrected chi connectivity index (χ3v) is 5.84. The predicted molar refractivity (Wildman–Crippen MR) is 146 cm³/mol. The minimum atomic E-state index is 0.348. The maximum Gasteiger partial charge on any atom is 0.250 e. The first-order valence-electron chi connectivity index (χ1n) is 11.3. The van der Waals surface area contributed by atoms with Crippen LogP contribution in [0.4, 0.5) is 23.5 Å². The summed E-state index contributed by atoms with van der Waals surface area (Å²) in [7, 11) is 0. The number of hydrogen-bond acceptors (Lipinski definition) is 8. The van der Waals surface area contributed by atoms with E-state index in [9.17, 15) is 0 Å². The van der Waals surface area contributed by atoms with Crippen LogP contribution in [0.5, 0.6) is 0 Å². The highest BCUT2D eigenvalue weighted by Crippen LogP contribution is 2.26. The molecule has 0 bridgehead atoms. The van der Waals surface area contributed by atoms with Crippen molar-refractivity contribution in [2.24, 2.45) is 5.10 Å². The number of hydrazone groups is 1. The molecule has 0 radical (unpaired) electrons. The van der Waals surface area contributed by atoms with Gasteiger partial charge in [0, 0.05) is 28.6 Å². The van der Waals surface area contributed by atoms with Crippen LogP contribution < -0.4 is 15.6 Å². The maximum absolute atomic E-state index is 5.49. The van der Waals surface area contributed by atoms with Crippen molar-refractivity contribution >= 4 is 62.5 Å². The molecule has 4 aromatic rings. The van der Waals surface area contributed by atoms with E-state index < -0.39 is 0 Å². The van der Waals surface area contributed by atoms with E-state index in [-0.39, 0.29) is 0 Å². The van der Waals surface area contributed by atoms with Gasteiger partial charge in [-0.1, -0.05) is 66.7 Å². The second kappa shape index (κ2) is 11.1. The molecular formula is C26H24BrN7O. The Kier molecular flexibility index (Phi) is 7.26. The fourth-order valence-corrected chi connectivity index (χ4v) is 4.09. The highest BCUT2D eigenvalue weighted by Gasteiger charge is 2.17. The van der Waals surface area contributed by atoms with Crippen LogP contribution in [0.2, 0.25) is 0 Å². The molecule has 176 valence electrons. The third-order valence-electron chi connectivity index (χ3n) is 5.41. The zero-order valence-electron chi connectivity index (χ0n) is 18.9. The molecule has 1 aliphatic heterocycles. The van der Waals surface area contributed by atoms with Crippen molar-refractivity contribution < 1.29 is 4.74 Å². The Morgan fingerprint density at radius 2 is 1.63 bits per heavy atom. The van der Waals surface area contributed by atoms with Crippen molar-refractivity contribution in [3.05, 3.63) is 82.8 Å². The van der Waals surface area contributed by atoms with Gasteiger partial charge in [0.1, 0.15) is 0 Å². The highest BCUT2D eigenvalue weighted by atomic mass is 79.9. The van der Waals surface area contributed by atoms with Gasteiger partial charge in [0.25, 0.3) is 0 Å². The number of aromatic nitrogens is 3. The van der Waals surface area contributed by atoms with Crippen molar-refractivity contribution in [3.63, 3.8) is 0 Å². The summed E-state index contributed by atoms with van der Waals surface area (Å²) in [4.78, 5) is 15.9. The number of anilines is 4. The van der Waals surface area contributed by atoms with Gasteiger partial charge in [0.15, 0.2) is 0 Å². The minimum Gasteiger partial charge on any atom is -0.378 e. The van der Waals surface area contributed by atoms with E-state index in [1.807, 2.05) is 60.7 Å². The van der Waals surface area contributed by atoms with Gasteiger partial charge in [-0.05, 0) is 39.0 Å². The molecule has 3 aromatic carbocycles. The Bertz CT molecular complexity index is 1350. The summed E-state index contributed by atoms with van der Waals surface area (Å²) < 4.78 is 6.30. The number of fused-ring (bicyclic) bond motifs is 1. The van der Waals surface area contributed by atoms with E-state index in [0.717, 1.165) is 26.5 Å². The van der Waals surface area contributed by atoms with Gasteiger partial charge in [-0.25, -0.2) is 5.43 Å². The van der Waals surface area contributed by atoms with Gasteiger partial charge in [-0.2, -0.15) is 20.1 Å². The first kappa shape index (κ1) is 22.9. The summed E-state index contributed by atoms with van der Waals surface area (Å²) in [6.45, 7) is 2.70. The number of nitrogens with zero attached hydrogens (tertiary/aromatic N) is 5. The molecule has 1 aliphatic rings. The van der Waals surface area contributed by atoms with Crippen LogP contribution in [-0.2, 0) is 4.74 Å². The average molecular weight is 530 g/mol. The molecule has 5 rings (SSSR count). The number of hydrogen-bond donors (Lipinski definition) is 2. The summed E-state index contributed by atoms with van der Waals surface area (Å²) >= 11 is 3.53. The standard InChI is InChI=1S/C26H24BrN7O/c27-21(17-19-7-2-1-3-8-19)18-28-33-25-30-24(31-26(32-25)34-13-15-35-16-14-34)29-23-12-6-10-20-9-4-5-11-22(20)23/h1-12,17-18H,13-16H2,(H2,29,30,31,32,33). The topological polar surface area (TPSA) is 87.6 Å². The normalized spacial score (nSPS) is 14.4. The van der Waals surface area contributed by atoms with Gasteiger partial charge in [-0.3, -0.25) is 0 Å². The zero-order chi connectivity index (χ0) is 23.9. The molecule has 1 aromatic heterocycles. The van der Waals surface area contributed by atoms with Gasteiger partial charge >= 0.3 is 0 Å². The number of rotatable bonds is 7. The van der Waals surface area contributed by atoms with E-state index >= 15 is 0 Å². The van der Waals surface area contributed by atoms with Crippen LogP contribution in [0.3, 0.4) is 0 Å². The number of allylic oxidation sites excluding steroid dienone is 1. The van der Waals surface area contributed by atoms with Crippen molar-refractivity contribution in [3.8, 4) is 0 Å². The molecule has 0 unspecified atom stereocenters. The summed E-state index contributed by atoms with van der Waals surface area (Å²) in [5.74, 6) is 1.36. The summed E-state index contributed by atoms with van der Waals surface area (Å²) in [6.07, 6.45) is 3.65. The Morgan fingerprint density at radius 3 is 2.49 bits per heavy atom. The molecule has 35 heavy (non-hydrogen) atoms. The van der Waals surface area contributed by atoms with Gasteiger partial charge in [0.05, 0.1) is 19.4 Å². The van der Waals surface area contributed by atoms with E-state index in [4.69, 9.17) is 4.74 Å². The molecule has 2 heterocycles. The molecule has 0 amide bonds. The van der Waals surface area contributed by atoms with E-state index in [2.05, 4.69) is 69.8 Å². The Hall–Kier alpha value is -3.82.